The minimum absolute atomic E-state index is 0.137. The predicted molar refractivity (Wildman–Crippen MR) is 92.3 cm³/mol. The van der Waals surface area contributed by atoms with E-state index in [9.17, 15) is 15.0 Å². The Balaban J connectivity index is 1.89. The average molecular weight is 323 g/mol. The molecule has 3 aromatic rings. The number of allylic oxidation sites excluding steroid dienone is 1. The van der Waals surface area contributed by atoms with Gasteiger partial charge in [-0.2, -0.15) is 0 Å². The van der Waals surface area contributed by atoms with E-state index in [2.05, 4.69) is 10.3 Å². The van der Waals surface area contributed by atoms with E-state index >= 15 is 0 Å². The maximum Gasteiger partial charge on any atom is 0.355 e. The van der Waals surface area contributed by atoms with Crippen LogP contribution in [0.5, 0.6) is 5.75 Å². The first-order chi connectivity index (χ1) is 11.6. The molecule has 122 valence electrons. The van der Waals surface area contributed by atoms with E-state index in [4.69, 9.17) is 0 Å². The standard InChI is InChI=1S/C18H17N3O3/c1-2-3-13-10-12(4-6-15(13)22)11-20-14-5-7-16-19-8-9-21(16)17(14)18(23)24/h2-10,20,22H,11H2,1H3,(H,23,24)/b3-2-. The summed E-state index contributed by atoms with van der Waals surface area (Å²) in [5.41, 5.74) is 2.88. The van der Waals surface area contributed by atoms with E-state index in [1.54, 1.807) is 36.7 Å². The molecule has 0 bridgehead atoms. The number of hydrogen-bond donors (Lipinski definition) is 3. The van der Waals surface area contributed by atoms with E-state index in [-0.39, 0.29) is 11.4 Å². The van der Waals surface area contributed by atoms with E-state index in [1.165, 1.54) is 4.40 Å². The van der Waals surface area contributed by atoms with Crippen LogP contribution in [-0.4, -0.2) is 25.6 Å². The molecule has 3 rings (SSSR count). The fourth-order valence-corrected chi connectivity index (χ4v) is 2.58. The van der Waals surface area contributed by atoms with Crippen molar-refractivity contribution in [1.29, 1.82) is 0 Å². The highest BCUT2D eigenvalue weighted by molar-refractivity contribution is 5.93. The lowest BCUT2D eigenvalue weighted by Gasteiger charge is -2.12. The Labute approximate surface area is 138 Å². The number of aromatic hydroxyl groups is 1. The van der Waals surface area contributed by atoms with Crippen molar-refractivity contribution in [3.8, 4) is 5.75 Å². The van der Waals surface area contributed by atoms with Crippen LogP contribution in [-0.2, 0) is 6.54 Å². The number of carbonyl (C=O) groups is 1. The topological polar surface area (TPSA) is 86.9 Å². The molecule has 0 aliphatic heterocycles. The number of hydrogen-bond acceptors (Lipinski definition) is 4. The maximum atomic E-state index is 11.6. The third kappa shape index (κ3) is 2.94. The molecule has 0 amide bonds. The minimum Gasteiger partial charge on any atom is -0.507 e. The van der Waals surface area contributed by atoms with E-state index in [0.29, 0.717) is 17.9 Å². The lowest BCUT2D eigenvalue weighted by atomic mass is 10.1. The molecule has 0 atom stereocenters. The van der Waals surface area contributed by atoms with Gasteiger partial charge in [-0.25, -0.2) is 9.78 Å². The van der Waals surface area contributed by atoms with Crippen LogP contribution in [0.15, 0.2) is 48.8 Å². The number of anilines is 1. The van der Waals surface area contributed by atoms with Crippen molar-refractivity contribution < 1.29 is 15.0 Å². The van der Waals surface area contributed by atoms with Crippen molar-refractivity contribution in [2.75, 3.05) is 5.32 Å². The molecule has 1 aromatic carbocycles. The van der Waals surface area contributed by atoms with Crippen LogP contribution in [0.25, 0.3) is 11.7 Å². The summed E-state index contributed by atoms with van der Waals surface area (Å²) in [6, 6.07) is 8.75. The molecule has 0 unspecified atom stereocenters. The molecule has 0 aliphatic rings. The monoisotopic (exact) mass is 323 g/mol. The molecule has 3 N–H and O–H groups in total. The van der Waals surface area contributed by atoms with Crippen LogP contribution in [0.3, 0.4) is 0 Å². The van der Waals surface area contributed by atoms with Gasteiger partial charge in [0, 0.05) is 24.5 Å². The highest BCUT2D eigenvalue weighted by atomic mass is 16.4. The number of phenols is 1. The summed E-state index contributed by atoms with van der Waals surface area (Å²) in [6.45, 7) is 2.31. The molecular formula is C18H17N3O3. The number of carboxylic acids is 1. The van der Waals surface area contributed by atoms with Gasteiger partial charge in [-0.05, 0) is 36.8 Å². The zero-order valence-corrected chi connectivity index (χ0v) is 13.1. The first kappa shape index (κ1) is 15.6. The fourth-order valence-electron chi connectivity index (χ4n) is 2.58. The highest BCUT2D eigenvalue weighted by Gasteiger charge is 2.15. The summed E-state index contributed by atoms with van der Waals surface area (Å²) in [5.74, 6) is -0.815. The number of rotatable bonds is 5. The number of nitrogens with one attached hydrogen (secondary N) is 1. The van der Waals surface area contributed by atoms with Crippen LogP contribution in [0.4, 0.5) is 5.69 Å². The normalized spacial score (nSPS) is 11.2. The molecule has 0 saturated carbocycles. The van der Waals surface area contributed by atoms with Gasteiger partial charge < -0.3 is 15.5 Å². The Kier molecular flexibility index (Phi) is 4.20. The molecule has 2 aromatic heterocycles. The molecule has 0 spiro atoms. The maximum absolute atomic E-state index is 11.6. The van der Waals surface area contributed by atoms with Gasteiger partial charge >= 0.3 is 5.97 Å². The summed E-state index contributed by atoms with van der Waals surface area (Å²) in [6.07, 6.45) is 6.85. The summed E-state index contributed by atoms with van der Waals surface area (Å²) in [4.78, 5) is 15.7. The van der Waals surface area contributed by atoms with Crippen molar-refractivity contribution in [2.24, 2.45) is 0 Å². The van der Waals surface area contributed by atoms with Crippen LogP contribution in [0.2, 0.25) is 0 Å². The number of imidazole rings is 1. The number of benzene rings is 1. The van der Waals surface area contributed by atoms with E-state index in [0.717, 1.165) is 11.1 Å². The van der Waals surface area contributed by atoms with Gasteiger partial charge in [0.25, 0.3) is 0 Å². The third-order valence-corrected chi connectivity index (χ3v) is 3.69. The Bertz CT molecular complexity index is 928. The van der Waals surface area contributed by atoms with Gasteiger partial charge in [0.15, 0.2) is 5.69 Å². The Morgan fingerprint density at radius 2 is 2.17 bits per heavy atom. The first-order valence-electron chi connectivity index (χ1n) is 7.48. The van der Waals surface area contributed by atoms with Crippen LogP contribution < -0.4 is 5.32 Å². The van der Waals surface area contributed by atoms with Gasteiger partial charge in [-0.15, -0.1) is 0 Å². The molecule has 6 heteroatoms. The Morgan fingerprint density at radius 3 is 2.92 bits per heavy atom. The second-order valence-electron chi connectivity index (χ2n) is 5.30. The Hall–Kier alpha value is -3.28. The molecule has 0 fully saturated rings. The largest absolute Gasteiger partial charge is 0.507 e. The molecule has 2 heterocycles. The summed E-state index contributed by atoms with van der Waals surface area (Å²) in [5, 5.41) is 22.4. The van der Waals surface area contributed by atoms with Gasteiger partial charge in [-0.3, -0.25) is 4.40 Å². The number of phenolic OH excluding ortho intramolecular Hbond substituents is 1. The van der Waals surface area contributed by atoms with E-state index < -0.39 is 5.97 Å². The number of nitrogens with zero attached hydrogens (tertiary/aromatic N) is 2. The highest BCUT2D eigenvalue weighted by Crippen LogP contribution is 2.22. The molecular weight excluding hydrogens is 306 g/mol. The zero-order chi connectivity index (χ0) is 17.1. The van der Waals surface area contributed by atoms with E-state index in [1.807, 2.05) is 25.1 Å². The summed E-state index contributed by atoms with van der Waals surface area (Å²) >= 11 is 0. The first-order valence-corrected chi connectivity index (χ1v) is 7.48. The van der Waals surface area contributed by atoms with Gasteiger partial charge in [-0.1, -0.05) is 18.2 Å². The average Bonchev–Trinajstić information content (AvgIpc) is 3.03. The van der Waals surface area contributed by atoms with Gasteiger partial charge in [0.05, 0.1) is 5.69 Å². The fraction of sp³-hybridized carbons (Fsp3) is 0.111. The molecule has 0 radical (unpaired) electrons. The quantitative estimate of drug-likeness (QED) is 0.670. The number of aromatic carboxylic acids is 1. The number of carboxylic acid groups (broad SMARTS) is 1. The van der Waals surface area contributed by atoms with Crippen LogP contribution in [0.1, 0.15) is 28.5 Å². The van der Waals surface area contributed by atoms with Crippen molar-refractivity contribution in [3.63, 3.8) is 0 Å². The third-order valence-electron chi connectivity index (χ3n) is 3.69. The van der Waals surface area contributed by atoms with Crippen molar-refractivity contribution >= 4 is 23.4 Å². The zero-order valence-electron chi connectivity index (χ0n) is 13.1. The number of aromatic nitrogens is 2. The van der Waals surface area contributed by atoms with Crippen LogP contribution >= 0.6 is 0 Å². The van der Waals surface area contributed by atoms with Crippen LogP contribution in [0, 0.1) is 0 Å². The van der Waals surface area contributed by atoms with Crippen molar-refractivity contribution in [2.45, 2.75) is 13.5 Å². The smallest absolute Gasteiger partial charge is 0.355 e. The SMILES string of the molecule is C/C=C\c1cc(CNc2ccc3nccn3c2C(=O)O)ccc1O. The molecule has 0 saturated heterocycles. The lowest BCUT2D eigenvalue weighted by molar-refractivity contribution is 0.0690. The number of fused-ring (bicyclic) bond motifs is 1. The molecule has 6 nitrogen and oxygen atoms in total. The Morgan fingerprint density at radius 1 is 1.33 bits per heavy atom. The van der Waals surface area contributed by atoms with Crippen molar-refractivity contribution in [3.05, 3.63) is 65.6 Å². The second kappa shape index (κ2) is 6.45. The second-order valence-corrected chi connectivity index (χ2v) is 5.30. The van der Waals surface area contributed by atoms with Gasteiger partial charge in [0.1, 0.15) is 11.4 Å². The molecule has 0 aliphatic carbocycles. The van der Waals surface area contributed by atoms with Gasteiger partial charge in [0.2, 0.25) is 0 Å². The summed E-state index contributed by atoms with van der Waals surface area (Å²) < 4.78 is 1.53. The number of pyridine rings is 1. The van der Waals surface area contributed by atoms with Crippen molar-refractivity contribution in [1.82, 2.24) is 9.38 Å². The lowest BCUT2D eigenvalue weighted by Crippen LogP contribution is -2.11. The minimum atomic E-state index is -1.03. The molecule has 24 heavy (non-hydrogen) atoms. The predicted octanol–water partition coefficient (Wildman–Crippen LogP) is 3.38. The summed E-state index contributed by atoms with van der Waals surface area (Å²) in [7, 11) is 0.